The smallest absolute Gasteiger partial charge is 0.306 e. The zero-order valence-electron chi connectivity index (χ0n) is 16.5. The van der Waals surface area contributed by atoms with E-state index in [9.17, 15) is 14.4 Å². The number of esters is 1. The maximum atomic E-state index is 12.8. The topological polar surface area (TPSA) is 84.9 Å². The van der Waals surface area contributed by atoms with Crippen molar-refractivity contribution in [1.82, 2.24) is 10.2 Å². The first-order valence-electron chi connectivity index (χ1n) is 10.2. The first-order chi connectivity index (χ1) is 14.1. The number of allylic oxidation sites excluding steroid dienone is 2. The highest BCUT2D eigenvalue weighted by molar-refractivity contribution is 5.86. The molecule has 1 aromatic rings. The standard InChI is InChI=1S/C22H28N2O5/c25-20(24-11-13-28-14-12-24)15-18-9-5-2-6-10-21(26)29-19(16-23-22(18)27)17-7-3-1-4-8-17/h1-5,7-8,18-19H,6,9-16H2,(H,23,27)/t18-,19-/m0/s1. The first kappa shape index (κ1) is 21.0. The Morgan fingerprint density at radius 1 is 1.10 bits per heavy atom. The molecule has 1 fully saturated rings. The summed E-state index contributed by atoms with van der Waals surface area (Å²) in [5, 5.41) is 2.88. The Bertz CT molecular complexity index is 728. The summed E-state index contributed by atoms with van der Waals surface area (Å²) < 4.78 is 10.9. The van der Waals surface area contributed by atoms with Crippen LogP contribution in [-0.2, 0) is 23.9 Å². The van der Waals surface area contributed by atoms with Crippen LogP contribution in [0.3, 0.4) is 0 Å². The van der Waals surface area contributed by atoms with E-state index in [0.29, 0.717) is 39.1 Å². The van der Waals surface area contributed by atoms with Crippen molar-refractivity contribution in [2.24, 2.45) is 5.92 Å². The van der Waals surface area contributed by atoms with Crippen LogP contribution >= 0.6 is 0 Å². The number of hydrogen-bond donors (Lipinski definition) is 1. The molecule has 2 heterocycles. The molecule has 2 atom stereocenters. The molecule has 2 aliphatic rings. The number of nitrogens with zero attached hydrogens (tertiary/aromatic N) is 1. The summed E-state index contributed by atoms with van der Waals surface area (Å²) in [4.78, 5) is 39.3. The highest BCUT2D eigenvalue weighted by Crippen LogP contribution is 2.20. The van der Waals surface area contributed by atoms with E-state index in [1.165, 1.54) is 0 Å². The molecule has 2 aliphatic heterocycles. The minimum absolute atomic E-state index is 0.0278. The summed E-state index contributed by atoms with van der Waals surface area (Å²) in [6, 6.07) is 9.36. The maximum Gasteiger partial charge on any atom is 0.306 e. The van der Waals surface area contributed by atoms with Gasteiger partial charge in [0.05, 0.1) is 25.7 Å². The van der Waals surface area contributed by atoms with Gasteiger partial charge in [0.1, 0.15) is 6.10 Å². The van der Waals surface area contributed by atoms with E-state index in [1.54, 1.807) is 4.90 Å². The predicted octanol–water partition coefficient (Wildman–Crippen LogP) is 1.99. The average molecular weight is 400 g/mol. The van der Waals surface area contributed by atoms with Crippen LogP contribution in [0.5, 0.6) is 0 Å². The van der Waals surface area contributed by atoms with E-state index >= 15 is 0 Å². The van der Waals surface area contributed by atoms with E-state index in [2.05, 4.69) is 5.32 Å². The summed E-state index contributed by atoms with van der Waals surface area (Å²) in [7, 11) is 0. The largest absolute Gasteiger partial charge is 0.456 e. The molecule has 0 bridgehead atoms. The second-order valence-electron chi connectivity index (χ2n) is 7.27. The van der Waals surface area contributed by atoms with Crippen molar-refractivity contribution < 1.29 is 23.9 Å². The lowest BCUT2D eigenvalue weighted by Gasteiger charge is -2.28. The van der Waals surface area contributed by atoms with Gasteiger partial charge >= 0.3 is 5.97 Å². The van der Waals surface area contributed by atoms with Crippen LogP contribution in [0, 0.1) is 5.92 Å². The number of ether oxygens (including phenoxy) is 2. The molecule has 3 rings (SSSR count). The molecule has 1 N–H and O–H groups in total. The average Bonchev–Trinajstić information content (AvgIpc) is 2.75. The van der Waals surface area contributed by atoms with E-state index < -0.39 is 12.0 Å². The van der Waals surface area contributed by atoms with Crippen LogP contribution in [0.25, 0.3) is 0 Å². The number of hydrogen-bond acceptors (Lipinski definition) is 5. The van der Waals surface area contributed by atoms with Crippen molar-refractivity contribution >= 4 is 17.8 Å². The molecule has 29 heavy (non-hydrogen) atoms. The number of nitrogens with one attached hydrogen (secondary N) is 1. The number of benzene rings is 1. The van der Waals surface area contributed by atoms with Crippen LogP contribution in [0.4, 0.5) is 0 Å². The SMILES string of the molecule is O=C1CCC=CC[C@@H](CC(=O)N2CCOCC2)C(=O)NC[C@@H](c2ccccc2)O1. The maximum absolute atomic E-state index is 12.8. The van der Waals surface area contributed by atoms with Crippen molar-refractivity contribution in [3.05, 3.63) is 48.0 Å². The van der Waals surface area contributed by atoms with Crippen molar-refractivity contribution in [3.63, 3.8) is 0 Å². The third kappa shape index (κ3) is 6.42. The van der Waals surface area contributed by atoms with Gasteiger partial charge in [0.25, 0.3) is 0 Å². The number of morpholine rings is 1. The lowest BCUT2D eigenvalue weighted by atomic mass is 9.98. The Morgan fingerprint density at radius 3 is 2.62 bits per heavy atom. The Labute approximate surface area is 171 Å². The van der Waals surface area contributed by atoms with Gasteiger partial charge in [-0.2, -0.15) is 0 Å². The zero-order valence-corrected chi connectivity index (χ0v) is 16.5. The molecule has 0 aromatic heterocycles. The Kier molecular flexibility index (Phi) is 7.81. The second kappa shape index (κ2) is 10.8. The fraction of sp³-hybridized carbons (Fsp3) is 0.500. The highest BCUT2D eigenvalue weighted by atomic mass is 16.5. The van der Waals surface area contributed by atoms with E-state index in [-0.39, 0.29) is 37.2 Å². The molecular weight excluding hydrogens is 372 g/mol. The Morgan fingerprint density at radius 2 is 1.86 bits per heavy atom. The molecular formula is C22H28N2O5. The van der Waals surface area contributed by atoms with Gasteiger partial charge in [0.15, 0.2) is 0 Å². The van der Waals surface area contributed by atoms with Gasteiger partial charge in [-0.15, -0.1) is 0 Å². The van der Waals surface area contributed by atoms with Crippen molar-refractivity contribution in [1.29, 1.82) is 0 Å². The number of carbonyl (C=O) groups excluding carboxylic acids is 3. The third-order valence-corrected chi connectivity index (χ3v) is 5.16. The number of cyclic esters (lactones) is 1. The van der Waals surface area contributed by atoms with Crippen LogP contribution in [0.2, 0.25) is 0 Å². The molecule has 156 valence electrons. The minimum atomic E-state index is -0.549. The monoisotopic (exact) mass is 400 g/mol. The van der Waals surface area contributed by atoms with Crippen molar-refractivity contribution in [2.45, 2.75) is 31.8 Å². The van der Waals surface area contributed by atoms with Crippen LogP contribution < -0.4 is 5.32 Å². The van der Waals surface area contributed by atoms with Gasteiger partial charge in [0.2, 0.25) is 11.8 Å². The highest BCUT2D eigenvalue weighted by Gasteiger charge is 2.26. The molecule has 1 saturated heterocycles. The van der Waals surface area contributed by atoms with E-state index in [0.717, 1.165) is 5.56 Å². The fourth-order valence-corrected chi connectivity index (χ4v) is 3.47. The van der Waals surface area contributed by atoms with Gasteiger partial charge in [-0.05, 0) is 18.4 Å². The summed E-state index contributed by atoms with van der Waals surface area (Å²) in [5.74, 6) is -0.973. The summed E-state index contributed by atoms with van der Waals surface area (Å²) in [5.41, 5.74) is 0.828. The minimum Gasteiger partial charge on any atom is -0.456 e. The van der Waals surface area contributed by atoms with Gasteiger partial charge in [0, 0.05) is 25.9 Å². The number of rotatable bonds is 3. The first-order valence-corrected chi connectivity index (χ1v) is 10.2. The van der Waals surface area contributed by atoms with Crippen molar-refractivity contribution in [3.8, 4) is 0 Å². The molecule has 0 spiro atoms. The third-order valence-electron chi connectivity index (χ3n) is 5.16. The lowest BCUT2D eigenvalue weighted by molar-refractivity contribution is -0.150. The molecule has 0 saturated carbocycles. The molecule has 0 unspecified atom stereocenters. The summed E-state index contributed by atoms with van der Waals surface area (Å²) >= 11 is 0. The van der Waals surface area contributed by atoms with Gasteiger partial charge in [-0.1, -0.05) is 42.5 Å². The Hall–Kier alpha value is -2.67. The molecule has 0 aliphatic carbocycles. The fourth-order valence-electron chi connectivity index (χ4n) is 3.47. The molecule has 0 radical (unpaired) electrons. The second-order valence-corrected chi connectivity index (χ2v) is 7.27. The van der Waals surface area contributed by atoms with Gasteiger partial charge in [-0.3, -0.25) is 14.4 Å². The van der Waals surface area contributed by atoms with E-state index in [4.69, 9.17) is 9.47 Å². The molecule has 2 amide bonds. The lowest BCUT2D eigenvalue weighted by Crippen LogP contribution is -2.43. The van der Waals surface area contributed by atoms with Crippen molar-refractivity contribution in [2.75, 3.05) is 32.8 Å². The predicted molar refractivity (Wildman–Crippen MR) is 107 cm³/mol. The summed E-state index contributed by atoms with van der Waals surface area (Å²) in [6.45, 7) is 2.38. The molecule has 7 heteroatoms. The van der Waals surface area contributed by atoms with Crippen LogP contribution in [0.1, 0.15) is 37.4 Å². The molecule has 1 aromatic carbocycles. The van der Waals surface area contributed by atoms with Crippen LogP contribution in [0.15, 0.2) is 42.5 Å². The van der Waals surface area contributed by atoms with Gasteiger partial charge < -0.3 is 19.7 Å². The summed E-state index contributed by atoms with van der Waals surface area (Å²) in [6.07, 6.45) is 4.66. The zero-order chi connectivity index (χ0) is 20.5. The number of carbonyl (C=O) groups is 3. The molecule has 7 nitrogen and oxygen atoms in total. The quantitative estimate of drug-likeness (QED) is 0.620. The Balaban J connectivity index is 1.68. The number of amides is 2. The van der Waals surface area contributed by atoms with Gasteiger partial charge in [-0.25, -0.2) is 0 Å². The van der Waals surface area contributed by atoms with Crippen LogP contribution in [-0.4, -0.2) is 55.5 Å². The van der Waals surface area contributed by atoms with E-state index in [1.807, 2.05) is 42.5 Å². The normalized spacial score (nSPS) is 24.1.